The van der Waals surface area contributed by atoms with Crippen LogP contribution in [0.1, 0.15) is 62.2 Å². The molecular weight excluding hydrogens is 346 g/mol. The Labute approximate surface area is 158 Å². The predicted octanol–water partition coefficient (Wildman–Crippen LogP) is 5.57. The average molecular weight is 369 g/mol. The molecule has 0 aliphatic heterocycles. The van der Waals surface area contributed by atoms with Gasteiger partial charge in [0.05, 0.1) is 4.92 Å². The fraction of sp³-hybridized carbons (Fsp3) is 0.500. The van der Waals surface area contributed by atoms with Crippen molar-refractivity contribution in [3.63, 3.8) is 0 Å². The number of nitro groups is 1. The van der Waals surface area contributed by atoms with Gasteiger partial charge in [-0.1, -0.05) is 31.5 Å². The van der Waals surface area contributed by atoms with Crippen LogP contribution in [0.3, 0.4) is 0 Å². The Morgan fingerprint density at radius 3 is 2.42 bits per heavy atom. The molecule has 6 heteroatoms. The molecule has 0 N–H and O–H groups in total. The molecule has 26 heavy (non-hydrogen) atoms. The summed E-state index contributed by atoms with van der Waals surface area (Å²) in [5.74, 6) is 0.887. The smallest absolute Gasteiger partial charge is 0.269 e. The van der Waals surface area contributed by atoms with Gasteiger partial charge in [0, 0.05) is 35.0 Å². The van der Waals surface area contributed by atoms with Crippen LogP contribution in [0.15, 0.2) is 24.3 Å². The van der Waals surface area contributed by atoms with Crippen molar-refractivity contribution < 1.29 is 4.92 Å². The molecule has 1 heterocycles. The lowest BCUT2D eigenvalue weighted by molar-refractivity contribution is -0.384. The Balaban J connectivity index is 1.88. The zero-order valence-electron chi connectivity index (χ0n) is 14.8. The van der Waals surface area contributed by atoms with Crippen molar-refractivity contribution in [2.45, 2.75) is 63.8 Å². The quantitative estimate of drug-likeness (QED) is 0.403. The molecule has 2 aliphatic rings. The molecule has 136 valence electrons. The second kappa shape index (κ2) is 7.27. The molecule has 2 aliphatic carbocycles. The highest BCUT2D eigenvalue weighted by Crippen LogP contribution is 2.36. The Hall–Kier alpha value is -2.08. The number of aromatic nitrogens is 2. The van der Waals surface area contributed by atoms with Gasteiger partial charge in [0.2, 0.25) is 0 Å². The second-order valence-corrected chi connectivity index (χ2v) is 7.73. The van der Waals surface area contributed by atoms with E-state index in [1.54, 1.807) is 12.1 Å². The first kappa shape index (κ1) is 17.3. The first-order valence-corrected chi connectivity index (χ1v) is 9.95. The average Bonchev–Trinajstić information content (AvgIpc) is 2.69. The van der Waals surface area contributed by atoms with Crippen LogP contribution in [0.4, 0.5) is 5.69 Å². The van der Waals surface area contributed by atoms with E-state index in [9.17, 15) is 10.1 Å². The van der Waals surface area contributed by atoms with Crippen molar-refractivity contribution in [2.75, 3.05) is 0 Å². The van der Waals surface area contributed by atoms with Gasteiger partial charge in [0.1, 0.15) is 10.5 Å². The van der Waals surface area contributed by atoms with Crippen molar-refractivity contribution in [2.24, 2.45) is 0 Å². The Bertz CT molecular complexity index is 883. The molecule has 1 aromatic heterocycles. The van der Waals surface area contributed by atoms with Gasteiger partial charge in [-0.2, -0.15) is 0 Å². The number of fused-ring (bicyclic) bond motifs is 1. The number of non-ortho nitro benzene ring substituents is 1. The van der Waals surface area contributed by atoms with Crippen LogP contribution in [0.25, 0.3) is 11.4 Å². The minimum absolute atomic E-state index is 0.106. The van der Waals surface area contributed by atoms with E-state index in [0.717, 1.165) is 24.2 Å². The highest BCUT2D eigenvalue weighted by atomic mass is 32.1. The monoisotopic (exact) mass is 369 g/mol. The van der Waals surface area contributed by atoms with Crippen LogP contribution >= 0.6 is 12.2 Å². The molecule has 0 saturated heterocycles. The van der Waals surface area contributed by atoms with Crippen LogP contribution in [0.2, 0.25) is 0 Å². The summed E-state index contributed by atoms with van der Waals surface area (Å²) in [5, 5.41) is 11.0. The van der Waals surface area contributed by atoms with Crippen molar-refractivity contribution in [3.05, 3.63) is 50.3 Å². The Morgan fingerprint density at radius 2 is 1.73 bits per heavy atom. The summed E-state index contributed by atoms with van der Waals surface area (Å²) in [4.78, 5) is 15.4. The SMILES string of the molecule is O=[N+]([O-])c1ccc(-c2nc(=S)c3c(n2C2CCCCC2)CCCC3)cc1. The fourth-order valence-electron chi connectivity index (χ4n) is 4.40. The topological polar surface area (TPSA) is 61.0 Å². The summed E-state index contributed by atoms with van der Waals surface area (Å²) in [7, 11) is 0. The number of nitrogens with zero attached hydrogens (tertiary/aromatic N) is 3. The number of hydrogen-bond donors (Lipinski definition) is 0. The maximum absolute atomic E-state index is 11.0. The molecule has 0 bridgehead atoms. The molecule has 1 aromatic carbocycles. The zero-order valence-corrected chi connectivity index (χ0v) is 15.6. The van der Waals surface area contributed by atoms with Crippen molar-refractivity contribution in [3.8, 4) is 11.4 Å². The summed E-state index contributed by atoms with van der Waals surface area (Å²) < 4.78 is 3.14. The van der Waals surface area contributed by atoms with E-state index in [2.05, 4.69) is 4.57 Å². The van der Waals surface area contributed by atoms with E-state index in [4.69, 9.17) is 17.2 Å². The molecule has 4 rings (SSSR count). The van der Waals surface area contributed by atoms with Gasteiger partial charge in [-0.05, 0) is 50.7 Å². The van der Waals surface area contributed by atoms with Gasteiger partial charge < -0.3 is 4.57 Å². The van der Waals surface area contributed by atoms with E-state index in [1.165, 1.54) is 56.2 Å². The van der Waals surface area contributed by atoms with Crippen LogP contribution in [-0.4, -0.2) is 14.5 Å². The van der Waals surface area contributed by atoms with Crippen molar-refractivity contribution >= 4 is 17.9 Å². The van der Waals surface area contributed by atoms with E-state index in [0.29, 0.717) is 10.7 Å². The highest BCUT2D eigenvalue weighted by molar-refractivity contribution is 7.71. The van der Waals surface area contributed by atoms with E-state index < -0.39 is 0 Å². The lowest BCUT2D eigenvalue weighted by atomic mass is 9.91. The molecular formula is C20H23N3O2S. The number of rotatable bonds is 3. The first-order valence-electron chi connectivity index (χ1n) is 9.54. The molecule has 0 spiro atoms. The van der Waals surface area contributed by atoms with Gasteiger partial charge in [-0.25, -0.2) is 4.98 Å². The summed E-state index contributed by atoms with van der Waals surface area (Å²) in [6, 6.07) is 7.20. The van der Waals surface area contributed by atoms with Crippen molar-refractivity contribution in [1.29, 1.82) is 0 Å². The van der Waals surface area contributed by atoms with E-state index in [1.807, 2.05) is 12.1 Å². The molecule has 0 radical (unpaired) electrons. The summed E-state index contributed by atoms with van der Waals surface area (Å²) in [5.41, 5.74) is 3.63. The normalized spacial score (nSPS) is 17.7. The number of nitro benzene ring substituents is 1. The van der Waals surface area contributed by atoms with Gasteiger partial charge in [0.25, 0.3) is 5.69 Å². The summed E-state index contributed by atoms with van der Waals surface area (Å²) in [6.07, 6.45) is 10.6. The lowest BCUT2D eigenvalue weighted by Crippen LogP contribution is -2.23. The van der Waals surface area contributed by atoms with Crippen LogP contribution < -0.4 is 0 Å². The first-order chi connectivity index (χ1) is 12.6. The number of hydrogen-bond acceptors (Lipinski definition) is 4. The minimum Gasteiger partial charge on any atom is -0.326 e. The van der Waals surface area contributed by atoms with Gasteiger partial charge in [-0.3, -0.25) is 10.1 Å². The third kappa shape index (κ3) is 3.18. The second-order valence-electron chi connectivity index (χ2n) is 7.34. The van der Waals surface area contributed by atoms with Gasteiger partial charge >= 0.3 is 0 Å². The zero-order chi connectivity index (χ0) is 18.1. The molecule has 0 atom stereocenters. The number of benzene rings is 1. The molecule has 5 nitrogen and oxygen atoms in total. The third-order valence-electron chi connectivity index (χ3n) is 5.70. The maximum atomic E-state index is 11.0. The molecule has 2 aromatic rings. The molecule has 0 unspecified atom stereocenters. The standard InChI is InChI=1S/C20H23N3O2S/c24-23(25)16-12-10-14(11-13-16)19-21-20(26)17-8-4-5-9-18(17)22(19)15-6-2-1-3-7-15/h10-13,15H,1-9H2. The van der Waals surface area contributed by atoms with Crippen LogP contribution in [0, 0.1) is 14.8 Å². The van der Waals surface area contributed by atoms with Crippen LogP contribution in [-0.2, 0) is 12.8 Å². The Kier molecular flexibility index (Phi) is 4.85. The fourth-order valence-corrected chi connectivity index (χ4v) is 4.71. The minimum atomic E-state index is -0.363. The van der Waals surface area contributed by atoms with E-state index >= 15 is 0 Å². The molecule has 1 saturated carbocycles. The molecule has 0 amide bonds. The lowest BCUT2D eigenvalue weighted by Gasteiger charge is -2.32. The third-order valence-corrected chi connectivity index (χ3v) is 6.04. The summed E-state index contributed by atoms with van der Waals surface area (Å²) in [6.45, 7) is 0. The Morgan fingerprint density at radius 1 is 1.04 bits per heavy atom. The van der Waals surface area contributed by atoms with E-state index in [-0.39, 0.29) is 10.6 Å². The largest absolute Gasteiger partial charge is 0.326 e. The highest BCUT2D eigenvalue weighted by Gasteiger charge is 2.25. The van der Waals surface area contributed by atoms with Gasteiger partial charge in [-0.15, -0.1) is 0 Å². The van der Waals surface area contributed by atoms with Crippen LogP contribution in [0.5, 0.6) is 0 Å². The van der Waals surface area contributed by atoms with Crippen molar-refractivity contribution in [1.82, 2.24) is 9.55 Å². The molecule has 1 fully saturated rings. The predicted molar refractivity (Wildman–Crippen MR) is 104 cm³/mol. The van der Waals surface area contributed by atoms with Gasteiger partial charge in [0.15, 0.2) is 0 Å². The summed E-state index contributed by atoms with van der Waals surface area (Å²) >= 11 is 5.62. The maximum Gasteiger partial charge on any atom is 0.269 e.